The highest BCUT2D eigenvalue weighted by Crippen LogP contribution is 2.48. The van der Waals surface area contributed by atoms with Crippen molar-refractivity contribution in [3.8, 4) is 0 Å². The molecule has 1 N–H and O–H groups in total. The van der Waals surface area contributed by atoms with Gasteiger partial charge in [0.15, 0.2) is 0 Å². The summed E-state index contributed by atoms with van der Waals surface area (Å²) in [5.41, 5.74) is 3.19. The molecule has 1 unspecified atom stereocenters. The topological polar surface area (TPSA) is 58.1 Å². The highest BCUT2D eigenvalue weighted by atomic mass is 16.1. The van der Waals surface area contributed by atoms with Gasteiger partial charge < -0.3 is 5.32 Å². The monoisotopic (exact) mass is 386 g/mol. The number of hydrogen-bond acceptors (Lipinski definition) is 4. The molecule has 1 aliphatic heterocycles. The van der Waals surface area contributed by atoms with Crippen molar-refractivity contribution in [1.29, 1.82) is 0 Å². The summed E-state index contributed by atoms with van der Waals surface area (Å²) in [6.45, 7) is 2.25. The second-order valence-electron chi connectivity index (χ2n) is 8.20. The lowest BCUT2D eigenvalue weighted by Crippen LogP contribution is -2.60. The van der Waals surface area contributed by atoms with Crippen LogP contribution < -0.4 is 5.32 Å². The Balaban J connectivity index is 1.53. The number of para-hydroxylation sites is 1. The number of aromatic nitrogens is 2. The first kappa shape index (κ1) is 18.3. The minimum Gasteiger partial charge on any atom is -0.343 e. The highest BCUT2D eigenvalue weighted by Gasteiger charge is 2.50. The quantitative estimate of drug-likeness (QED) is 0.717. The van der Waals surface area contributed by atoms with Crippen molar-refractivity contribution in [3.63, 3.8) is 0 Å². The van der Waals surface area contributed by atoms with E-state index in [0.717, 1.165) is 31.4 Å². The lowest BCUT2D eigenvalue weighted by molar-refractivity contribution is -0.000407. The molecule has 1 saturated heterocycles. The summed E-state index contributed by atoms with van der Waals surface area (Å²) in [6.07, 6.45) is 9.27. The van der Waals surface area contributed by atoms with E-state index in [2.05, 4.69) is 44.5 Å². The zero-order chi connectivity index (χ0) is 19.7. The van der Waals surface area contributed by atoms with E-state index in [1.54, 1.807) is 12.4 Å². The third-order valence-electron chi connectivity index (χ3n) is 6.64. The lowest BCUT2D eigenvalue weighted by Gasteiger charge is -2.54. The number of likely N-dealkylation sites (tertiary alicyclic amines) is 1. The van der Waals surface area contributed by atoms with E-state index >= 15 is 0 Å². The minimum atomic E-state index is -0.0737. The number of carbonyl (C=O) groups excluding carboxylic acids is 1. The standard InChI is InChI=1S/C24H26N4O/c29-23(19-10-6-11-20-21(19)26-15-14-25-20)27-22(18-8-2-1-3-9-18)24(12-7-13-24)28-16-4-5-17-28/h1-3,6,8-11,14-15,22H,4-5,7,12-13,16-17H2,(H,27,29). The van der Waals surface area contributed by atoms with Crippen LogP contribution in [0.2, 0.25) is 0 Å². The van der Waals surface area contributed by atoms with Crippen molar-refractivity contribution in [1.82, 2.24) is 20.2 Å². The fourth-order valence-electron chi connectivity index (χ4n) is 5.05. The van der Waals surface area contributed by atoms with Gasteiger partial charge in [-0.05, 0) is 62.9 Å². The molecule has 1 saturated carbocycles. The third-order valence-corrected chi connectivity index (χ3v) is 6.64. The molecule has 1 aliphatic carbocycles. The molecule has 5 rings (SSSR count). The van der Waals surface area contributed by atoms with E-state index in [9.17, 15) is 4.79 Å². The molecule has 5 heteroatoms. The smallest absolute Gasteiger partial charge is 0.254 e. The summed E-state index contributed by atoms with van der Waals surface area (Å²) < 4.78 is 0. The van der Waals surface area contributed by atoms with E-state index in [1.165, 1.54) is 24.8 Å². The summed E-state index contributed by atoms with van der Waals surface area (Å²) >= 11 is 0. The van der Waals surface area contributed by atoms with E-state index in [-0.39, 0.29) is 17.5 Å². The number of amides is 1. The second-order valence-corrected chi connectivity index (χ2v) is 8.20. The second kappa shape index (κ2) is 7.56. The van der Waals surface area contributed by atoms with Gasteiger partial charge in [-0.2, -0.15) is 0 Å². The SMILES string of the molecule is O=C(NC(c1ccccc1)C1(N2CCCC2)CCC1)c1cccc2nccnc12. The van der Waals surface area contributed by atoms with E-state index in [0.29, 0.717) is 11.1 Å². The Morgan fingerprint density at radius 3 is 2.41 bits per heavy atom. The normalized spacial score (nSPS) is 19.6. The fraction of sp³-hybridized carbons (Fsp3) is 0.375. The molecule has 2 aliphatic rings. The van der Waals surface area contributed by atoms with Gasteiger partial charge in [0.25, 0.3) is 5.91 Å². The van der Waals surface area contributed by atoms with Crippen LogP contribution in [0, 0.1) is 0 Å². The fourth-order valence-corrected chi connectivity index (χ4v) is 5.05. The molecule has 2 fully saturated rings. The summed E-state index contributed by atoms with van der Waals surface area (Å²) in [4.78, 5) is 24.8. The van der Waals surface area contributed by atoms with Gasteiger partial charge in [0.2, 0.25) is 0 Å². The van der Waals surface area contributed by atoms with Gasteiger partial charge >= 0.3 is 0 Å². The maximum absolute atomic E-state index is 13.4. The number of fused-ring (bicyclic) bond motifs is 1. The maximum Gasteiger partial charge on any atom is 0.254 e. The van der Waals surface area contributed by atoms with Gasteiger partial charge in [-0.1, -0.05) is 36.4 Å². The van der Waals surface area contributed by atoms with Crippen LogP contribution in [-0.2, 0) is 0 Å². The average Bonchev–Trinajstić information content (AvgIpc) is 3.27. The molecule has 3 aromatic rings. The first-order valence-electron chi connectivity index (χ1n) is 10.6. The van der Waals surface area contributed by atoms with Crippen LogP contribution in [0.4, 0.5) is 0 Å². The molecule has 29 heavy (non-hydrogen) atoms. The number of nitrogens with zero attached hydrogens (tertiary/aromatic N) is 3. The first-order chi connectivity index (χ1) is 14.3. The molecule has 1 aromatic heterocycles. The summed E-state index contributed by atoms with van der Waals surface area (Å²) in [5.74, 6) is -0.0737. The number of nitrogens with one attached hydrogen (secondary N) is 1. The molecule has 1 atom stereocenters. The van der Waals surface area contributed by atoms with E-state index < -0.39 is 0 Å². The Bertz CT molecular complexity index is 1000. The number of hydrogen-bond donors (Lipinski definition) is 1. The van der Waals surface area contributed by atoms with Gasteiger partial charge in [-0.25, -0.2) is 0 Å². The van der Waals surface area contributed by atoms with Crippen molar-refractivity contribution in [2.45, 2.75) is 43.7 Å². The van der Waals surface area contributed by atoms with Gasteiger partial charge in [-0.15, -0.1) is 0 Å². The van der Waals surface area contributed by atoms with E-state index in [4.69, 9.17) is 0 Å². The Hall–Kier alpha value is -2.79. The molecule has 2 aromatic carbocycles. The lowest BCUT2D eigenvalue weighted by atomic mass is 9.68. The molecular formula is C24H26N4O. The van der Waals surface area contributed by atoms with Crippen LogP contribution in [0.25, 0.3) is 11.0 Å². The Kier molecular flexibility index (Phi) is 4.76. The molecule has 1 amide bonds. The van der Waals surface area contributed by atoms with Gasteiger partial charge in [0.1, 0.15) is 5.52 Å². The largest absolute Gasteiger partial charge is 0.343 e. The van der Waals surface area contributed by atoms with Crippen LogP contribution in [0.5, 0.6) is 0 Å². The summed E-state index contributed by atoms with van der Waals surface area (Å²) in [5, 5.41) is 3.41. The van der Waals surface area contributed by atoms with E-state index in [1.807, 2.05) is 24.3 Å². The van der Waals surface area contributed by atoms with Crippen LogP contribution >= 0.6 is 0 Å². The predicted octanol–water partition coefficient (Wildman–Crippen LogP) is 4.12. The summed E-state index contributed by atoms with van der Waals surface area (Å²) in [6, 6.07) is 16.0. The number of benzene rings is 2. The molecule has 2 heterocycles. The first-order valence-corrected chi connectivity index (χ1v) is 10.6. The van der Waals surface area contributed by atoms with Crippen molar-refractivity contribution in [2.75, 3.05) is 13.1 Å². The minimum absolute atomic E-state index is 0.0176. The molecular weight excluding hydrogens is 360 g/mol. The molecule has 5 nitrogen and oxygen atoms in total. The molecule has 148 valence electrons. The van der Waals surface area contributed by atoms with Gasteiger partial charge in [0, 0.05) is 17.9 Å². The molecule has 0 radical (unpaired) electrons. The predicted molar refractivity (Wildman–Crippen MR) is 114 cm³/mol. The van der Waals surface area contributed by atoms with Crippen LogP contribution in [0.15, 0.2) is 60.9 Å². The Morgan fingerprint density at radius 2 is 1.69 bits per heavy atom. The van der Waals surface area contributed by atoms with Crippen LogP contribution in [-0.4, -0.2) is 39.4 Å². The van der Waals surface area contributed by atoms with Crippen molar-refractivity contribution in [2.24, 2.45) is 0 Å². The Labute approximate surface area is 171 Å². The zero-order valence-corrected chi connectivity index (χ0v) is 16.6. The highest BCUT2D eigenvalue weighted by molar-refractivity contribution is 6.04. The maximum atomic E-state index is 13.4. The average molecular weight is 386 g/mol. The van der Waals surface area contributed by atoms with Gasteiger partial charge in [-0.3, -0.25) is 19.7 Å². The number of carbonyl (C=O) groups is 1. The third kappa shape index (κ3) is 3.19. The Morgan fingerprint density at radius 1 is 0.931 bits per heavy atom. The number of rotatable bonds is 5. The zero-order valence-electron chi connectivity index (χ0n) is 16.6. The van der Waals surface area contributed by atoms with Crippen molar-refractivity contribution >= 4 is 16.9 Å². The summed E-state index contributed by atoms with van der Waals surface area (Å²) in [7, 11) is 0. The van der Waals surface area contributed by atoms with Crippen molar-refractivity contribution in [3.05, 3.63) is 72.1 Å². The molecule has 0 spiro atoms. The van der Waals surface area contributed by atoms with Crippen LogP contribution in [0.1, 0.15) is 54.1 Å². The molecule has 0 bridgehead atoms. The van der Waals surface area contributed by atoms with Crippen LogP contribution in [0.3, 0.4) is 0 Å². The van der Waals surface area contributed by atoms with Gasteiger partial charge in [0.05, 0.1) is 17.1 Å². The van der Waals surface area contributed by atoms with Crippen molar-refractivity contribution < 1.29 is 4.79 Å².